The molecule has 164 valence electrons. The number of hydrogen-bond acceptors (Lipinski definition) is 6. The molecule has 1 fully saturated rings. The monoisotopic (exact) mass is 453 g/mol. The molecule has 0 unspecified atom stereocenters. The number of carbonyl (C=O) groups is 4. The maximum absolute atomic E-state index is 13.0. The maximum atomic E-state index is 13.0. The standard InChI is InChI=1S/C19H27N5O4S2/c1-23(10-15(20)25)18(27)17-14(7-8-24(17)16(26)11-29-2)22-19(28)21-12-5-4-6-13(9-12)30-3/h4-6,9,14,17H,7-8,10-11H2,1-3H3,(H2,20,25)(H2,21,22,28)/t14-,17-/m0/s1. The second kappa shape index (κ2) is 11.1. The normalized spacial score (nSPS) is 18.0. The Kier molecular flexibility index (Phi) is 8.85. The fourth-order valence-corrected chi connectivity index (χ4v) is 4.18. The minimum absolute atomic E-state index is 0.189. The molecule has 2 rings (SSSR count). The number of primary amides is 1. The number of anilines is 1. The van der Waals surface area contributed by atoms with Crippen LogP contribution < -0.4 is 16.4 Å². The van der Waals surface area contributed by atoms with Gasteiger partial charge >= 0.3 is 6.03 Å². The predicted octanol–water partition coefficient (Wildman–Crippen LogP) is 0.806. The number of thioether (sulfide) groups is 2. The molecule has 4 N–H and O–H groups in total. The number of nitrogens with one attached hydrogen (secondary N) is 2. The Bertz CT molecular complexity index is 807. The smallest absolute Gasteiger partial charge is 0.319 e. The van der Waals surface area contributed by atoms with Gasteiger partial charge in [-0.15, -0.1) is 11.8 Å². The molecule has 1 aromatic rings. The average Bonchev–Trinajstić information content (AvgIpc) is 3.10. The van der Waals surface area contributed by atoms with Crippen molar-refractivity contribution in [3.8, 4) is 0 Å². The first-order valence-electron chi connectivity index (χ1n) is 9.30. The highest BCUT2D eigenvalue weighted by molar-refractivity contribution is 7.99. The van der Waals surface area contributed by atoms with Crippen LogP contribution in [0.2, 0.25) is 0 Å². The Labute approximate surface area is 184 Å². The number of nitrogens with zero attached hydrogens (tertiary/aromatic N) is 2. The lowest BCUT2D eigenvalue weighted by Gasteiger charge is -2.30. The van der Waals surface area contributed by atoms with E-state index in [0.29, 0.717) is 18.7 Å². The van der Waals surface area contributed by atoms with Crippen LogP contribution in [0.4, 0.5) is 10.5 Å². The van der Waals surface area contributed by atoms with Crippen molar-refractivity contribution in [2.75, 3.05) is 43.7 Å². The lowest BCUT2D eigenvalue weighted by atomic mass is 10.1. The molecule has 0 aromatic heterocycles. The quantitative estimate of drug-likeness (QED) is 0.500. The van der Waals surface area contributed by atoms with Gasteiger partial charge in [0.25, 0.3) is 0 Å². The molecular weight excluding hydrogens is 426 g/mol. The second-order valence-electron chi connectivity index (χ2n) is 6.85. The molecule has 1 aliphatic rings. The summed E-state index contributed by atoms with van der Waals surface area (Å²) < 4.78 is 0. The molecule has 1 aromatic carbocycles. The highest BCUT2D eigenvalue weighted by Crippen LogP contribution is 2.22. The Morgan fingerprint density at radius 2 is 2.00 bits per heavy atom. The van der Waals surface area contributed by atoms with Crippen molar-refractivity contribution >= 4 is 53.0 Å². The van der Waals surface area contributed by atoms with Crippen LogP contribution in [0.1, 0.15) is 6.42 Å². The van der Waals surface area contributed by atoms with Crippen LogP contribution in [0.5, 0.6) is 0 Å². The van der Waals surface area contributed by atoms with Crippen LogP contribution in [0.15, 0.2) is 29.2 Å². The summed E-state index contributed by atoms with van der Waals surface area (Å²) in [6, 6.07) is 5.45. The first kappa shape index (κ1) is 23.9. The zero-order chi connectivity index (χ0) is 22.3. The zero-order valence-electron chi connectivity index (χ0n) is 17.2. The molecular formula is C19H27N5O4S2. The van der Waals surface area contributed by atoms with Gasteiger partial charge in [0.2, 0.25) is 17.7 Å². The highest BCUT2D eigenvalue weighted by atomic mass is 32.2. The Hall–Kier alpha value is -2.40. The van der Waals surface area contributed by atoms with E-state index >= 15 is 0 Å². The third-order valence-electron chi connectivity index (χ3n) is 4.65. The van der Waals surface area contributed by atoms with Crippen molar-refractivity contribution in [1.82, 2.24) is 15.1 Å². The summed E-state index contributed by atoms with van der Waals surface area (Å²) in [5.41, 5.74) is 5.83. The van der Waals surface area contributed by atoms with Gasteiger partial charge in [0.15, 0.2) is 0 Å². The minimum Gasteiger partial charge on any atom is -0.368 e. The average molecular weight is 454 g/mol. The lowest BCUT2D eigenvalue weighted by molar-refractivity contribution is -0.143. The van der Waals surface area contributed by atoms with Crippen LogP contribution in [-0.4, -0.2) is 84.0 Å². The van der Waals surface area contributed by atoms with Crippen LogP contribution in [0, 0.1) is 0 Å². The van der Waals surface area contributed by atoms with E-state index < -0.39 is 29.9 Å². The molecule has 9 nitrogen and oxygen atoms in total. The molecule has 30 heavy (non-hydrogen) atoms. The summed E-state index contributed by atoms with van der Waals surface area (Å²) >= 11 is 2.92. The van der Waals surface area contributed by atoms with Gasteiger partial charge in [-0.05, 0) is 37.1 Å². The fraction of sp³-hybridized carbons (Fsp3) is 0.474. The topological polar surface area (TPSA) is 125 Å². The number of likely N-dealkylation sites (tertiary alicyclic amines) is 1. The molecule has 11 heteroatoms. The van der Waals surface area contributed by atoms with E-state index in [4.69, 9.17) is 5.73 Å². The van der Waals surface area contributed by atoms with Gasteiger partial charge in [-0.1, -0.05) is 6.07 Å². The van der Waals surface area contributed by atoms with Crippen molar-refractivity contribution < 1.29 is 19.2 Å². The number of amides is 5. The minimum atomic E-state index is -0.891. The Morgan fingerprint density at radius 3 is 2.63 bits per heavy atom. The predicted molar refractivity (Wildman–Crippen MR) is 119 cm³/mol. The number of hydrogen-bond donors (Lipinski definition) is 3. The second-order valence-corrected chi connectivity index (χ2v) is 8.60. The molecule has 0 aliphatic carbocycles. The summed E-state index contributed by atoms with van der Waals surface area (Å²) in [6.07, 6.45) is 4.17. The van der Waals surface area contributed by atoms with Gasteiger partial charge in [-0.3, -0.25) is 14.4 Å². The van der Waals surface area contributed by atoms with Crippen molar-refractivity contribution in [2.24, 2.45) is 5.73 Å². The van der Waals surface area contributed by atoms with Gasteiger partial charge in [-0.25, -0.2) is 4.79 Å². The van der Waals surface area contributed by atoms with Gasteiger partial charge in [-0.2, -0.15) is 11.8 Å². The first-order chi connectivity index (χ1) is 14.3. The van der Waals surface area contributed by atoms with Crippen LogP contribution >= 0.6 is 23.5 Å². The van der Waals surface area contributed by atoms with E-state index in [1.54, 1.807) is 24.1 Å². The number of carbonyl (C=O) groups excluding carboxylic acids is 4. The van der Waals surface area contributed by atoms with E-state index in [2.05, 4.69) is 10.6 Å². The summed E-state index contributed by atoms with van der Waals surface area (Å²) in [7, 11) is 1.45. The zero-order valence-corrected chi connectivity index (χ0v) is 18.8. The third-order valence-corrected chi connectivity index (χ3v) is 5.91. The SMILES string of the molecule is CSCC(=O)N1CC[C@H](NC(=O)Nc2cccc(SC)c2)[C@H]1C(=O)N(C)CC(N)=O. The molecule has 1 heterocycles. The first-order valence-corrected chi connectivity index (χ1v) is 11.9. The van der Waals surface area contributed by atoms with E-state index in [0.717, 1.165) is 4.90 Å². The van der Waals surface area contributed by atoms with Crippen molar-refractivity contribution in [3.63, 3.8) is 0 Å². The largest absolute Gasteiger partial charge is 0.368 e. The van der Waals surface area contributed by atoms with E-state index in [1.807, 2.05) is 24.5 Å². The molecule has 0 saturated carbocycles. The molecule has 0 spiro atoms. The van der Waals surface area contributed by atoms with Gasteiger partial charge in [0.05, 0.1) is 18.3 Å². The van der Waals surface area contributed by atoms with E-state index in [-0.39, 0.29) is 18.2 Å². The highest BCUT2D eigenvalue weighted by Gasteiger charge is 2.43. The Morgan fingerprint density at radius 1 is 1.27 bits per heavy atom. The van der Waals surface area contributed by atoms with Crippen molar-refractivity contribution in [2.45, 2.75) is 23.4 Å². The van der Waals surface area contributed by atoms with Crippen LogP contribution in [0.3, 0.4) is 0 Å². The summed E-state index contributed by atoms with van der Waals surface area (Å²) in [5, 5.41) is 5.57. The summed E-state index contributed by atoms with van der Waals surface area (Å²) in [4.78, 5) is 52.9. The molecule has 5 amide bonds. The number of nitrogens with two attached hydrogens (primary N) is 1. The molecule has 1 aliphatic heterocycles. The fourth-order valence-electron chi connectivity index (χ4n) is 3.31. The number of rotatable bonds is 8. The number of likely N-dealkylation sites (N-methyl/N-ethyl adjacent to an activating group) is 1. The van der Waals surface area contributed by atoms with Crippen LogP contribution in [0.25, 0.3) is 0 Å². The van der Waals surface area contributed by atoms with E-state index in [1.165, 1.54) is 28.6 Å². The molecule has 1 saturated heterocycles. The number of benzene rings is 1. The van der Waals surface area contributed by atoms with Crippen molar-refractivity contribution in [3.05, 3.63) is 24.3 Å². The molecule has 0 radical (unpaired) electrons. The van der Waals surface area contributed by atoms with Gasteiger partial charge in [0, 0.05) is 24.2 Å². The summed E-state index contributed by atoms with van der Waals surface area (Å²) in [6.45, 7) is 0.0768. The third kappa shape index (κ3) is 6.30. The molecule has 0 bridgehead atoms. The van der Waals surface area contributed by atoms with Crippen LogP contribution in [-0.2, 0) is 14.4 Å². The van der Waals surface area contributed by atoms with Crippen molar-refractivity contribution in [1.29, 1.82) is 0 Å². The lowest BCUT2D eigenvalue weighted by Crippen LogP contribution is -2.56. The van der Waals surface area contributed by atoms with E-state index in [9.17, 15) is 19.2 Å². The molecule has 2 atom stereocenters. The Balaban J connectivity index is 2.14. The maximum Gasteiger partial charge on any atom is 0.319 e. The number of urea groups is 1. The van der Waals surface area contributed by atoms with Gasteiger partial charge < -0.3 is 26.2 Å². The van der Waals surface area contributed by atoms with Gasteiger partial charge in [0.1, 0.15) is 6.04 Å². The summed E-state index contributed by atoms with van der Waals surface area (Å²) in [5.74, 6) is -1.05.